The van der Waals surface area contributed by atoms with Gasteiger partial charge in [-0.05, 0) is 43.2 Å². The summed E-state index contributed by atoms with van der Waals surface area (Å²) < 4.78 is 0. The Morgan fingerprint density at radius 3 is 3.05 bits per heavy atom. The topological polar surface area (TPSA) is 52.6 Å². The summed E-state index contributed by atoms with van der Waals surface area (Å²) in [6.45, 7) is 5.08. The Labute approximate surface area is 126 Å². The maximum atomic E-state index is 12.5. The zero-order chi connectivity index (χ0) is 15.0. The van der Waals surface area contributed by atoms with Gasteiger partial charge in [0.1, 0.15) is 0 Å². The van der Waals surface area contributed by atoms with Crippen molar-refractivity contribution in [1.82, 2.24) is 10.2 Å². The van der Waals surface area contributed by atoms with Gasteiger partial charge in [-0.3, -0.25) is 0 Å². The van der Waals surface area contributed by atoms with Crippen LogP contribution in [0.3, 0.4) is 0 Å². The second-order valence-electron chi connectivity index (χ2n) is 6.48. The lowest BCUT2D eigenvalue weighted by atomic mass is 10.0. The molecule has 4 heteroatoms. The summed E-state index contributed by atoms with van der Waals surface area (Å²) in [6, 6.07) is 6.55. The molecule has 3 atom stereocenters. The third kappa shape index (κ3) is 2.64. The molecule has 21 heavy (non-hydrogen) atoms. The number of aliphatic hydroxyl groups excluding tert-OH is 1. The summed E-state index contributed by atoms with van der Waals surface area (Å²) in [7, 11) is 0. The fourth-order valence-electron chi connectivity index (χ4n) is 3.69. The predicted octanol–water partition coefficient (Wildman–Crippen LogP) is 2.39. The predicted molar refractivity (Wildman–Crippen MR) is 82.1 cm³/mol. The maximum Gasteiger partial charge on any atom is 0.318 e. The Balaban J connectivity index is 1.76. The zero-order valence-electron chi connectivity index (χ0n) is 12.8. The molecular formula is C17H24N2O2. The van der Waals surface area contributed by atoms with Crippen LogP contribution < -0.4 is 5.32 Å². The van der Waals surface area contributed by atoms with E-state index in [9.17, 15) is 9.90 Å². The molecule has 1 aromatic carbocycles. The molecule has 2 amide bonds. The molecule has 0 unspecified atom stereocenters. The van der Waals surface area contributed by atoms with Gasteiger partial charge in [-0.15, -0.1) is 0 Å². The Morgan fingerprint density at radius 1 is 1.48 bits per heavy atom. The number of likely N-dealkylation sites (tertiary alicyclic amines) is 1. The van der Waals surface area contributed by atoms with Crippen LogP contribution in [0.15, 0.2) is 18.2 Å². The maximum absolute atomic E-state index is 12.5. The minimum absolute atomic E-state index is 0.0151. The molecule has 114 valence electrons. The summed E-state index contributed by atoms with van der Waals surface area (Å²) in [5.74, 6) is 0.418. The summed E-state index contributed by atoms with van der Waals surface area (Å²) in [4.78, 5) is 14.3. The van der Waals surface area contributed by atoms with Crippen LogP contribution >= 0.6 is 0 Å². The van der Waals surface area contributed by atoms with Gasteiger partial charge >= 0.3 is 6.03 Å². The first kappa shape index (κ1) is 14.4. The van der Waals surface area contributed by atoms with Gasteiger partial charge in [-0.25, -0.2) is 4.79 Å². The van der Waals surface area contributed by atoms with Crippen molar-refractivity contribution >= 4 is 6.03 Å². The Hall–Kier alpha value is -1.55. The Bertz CT molecular complexity index is 544. The monoisotopic (exact) mass is 288 g/mol. The van der Waals surface area contributed by atoms with Crippen LogP contribution in [0.5, 0.6) is 0 Å². The van der Waals surface area contributed by atoms with Crippen molar-refractivity contribution in [3.8, 4) is 0 Å². The first-order valence-electron chi connectivity index (χ1n) is 7.87. The fourth-order valence-corrected chi connectivity index (χ4v) is 3.69. The van der Waals surface area contributed by atoms with Gasteiger partial charge in [0.05, 0.1) is 18.7 Å². The van der Waals surface area contributed by atoms with Crippen molar-refractivity contribution in [2.24, 2.45) is 5.92 Å². The summed E-state index contributed by atoms with van der Waals surface area (Å²) >= 11 is 0. The van der Waals surface area contributed by atoms with Crippen molar-refractivity contribution < 1.29 is 9.90 Å². The highest BCUT2D eigenvalue weighted by Crippen LogP contribution is 2.36. The molecule has 1 saturated heterocycles. The lowest BCUT2D eigenvalue weighted by molar-refractivity contribution is 0.153. The highest BCUT2D eigenvalue weighted by atomic mass is 16.3. The number of urea groups is 1. The molecule has 1 aliphatic carbocycles. The molecule has 1 heterocycles. The van der Waals surface area contributed by atoms with E-state index in [0.29, 0.717) is 5.92 Å². The van der Waals surface area contributed by atoms with Crippen molar-refractivity contribution in [3.05, 3.63) is 34.9 Å². The van der Waals surface area contributed by atoms with E-state index in [1.165, 1.54) is 16.7 Å². The van der Waals surface area contributed by atoms with E-state index in [4.69, 9.17) is 0 Å². The number of aryl methyl sites for hydroxylation is 1. The average Bonchev–Trinajstić information content (AvgIpc) is 3.04. The van der Waals surface area contributed by atoms with Crippen molar-refractivity contribution in [2.45, 2.75) is 45.2 Å². The van der Waals surface area contributed by atoms with Gasteiger partial charge < -0.3 is 15.3 Å². The molecule has 0 radical (unpaired) electrons. The quantitative estimate of drug-likeness (QED) is 0.878. The lowest BCUT2D eigenvalue weighted by Gasteiger charge is -2.27. The van der Waals surface area contributed by atoms with Gasteiger partial charge in [0.2, 0.25) is 0 Å². The second kappa shape index (κ2) is 5.68. The van der Waals surface area contributed by atoms with Crippen LogP contribution in [0.2, 0.25) is 0 Å². The number of hydrogen-bond donors (Lipinski definition) is 2. The summed E-state index contributed by atoms with van der Waals surface area (Å²) in [5, 5.41) is 12.6. The van der Waals surface area contributed by atoms with Crippen LogP contribution in [0.4, 0.5) is 4.79 Å². The van der Waals surface area contributed by atoms with E-state index in [1.807, 2.05) is 0 Å². The number of nitrogens with one attached hydrogen (secondary N) is 1. The normalized spacial score (nSPS) is 27.8. The van der Waals surface area contributed by atoms with Crippen LogP contribution in [-0.2, 0) is 6.42 Å². The van der Waals surface area contributed by atoms with Gasteiger partial charge in [0.15, 0.2) is 0 Å². The smallest absolute Gasteiger partial charge is 0.318 e. The minimum Gasteiger partial charge on any atom is -0.394 e. The molecule has 2 N–H and O–H groups in total. The molecule has 0 bridgehead atoms. The number of benzene rings is 1. The molecule has 1 aromatic rings. The van der Waals surface area contributed by atoms with Gasteiger partial charge in [0.25, 0.3) is 0 Å². The molecule has 0 aromatic heterocycles. The third-order valence-corrected chi connectivity index (χ3v) is 4.88. The van der Waals surface area contributed by atoms with E-state index < -0.39 is 0 Å². The van der Waals surface area contributed by atoms with E-state index in [0.717, 1.165) is 25.8 Å². The fraction of sp³-hybridized carbons (Fsp3) is 0.588. The highest BCUT2D eigenvalue weighted by molar-refractivity contribution is 5.75. The number of carbonyl (C=O) groups excluding carboxylic acids is 1. The molecular weight excluding hydrogens is 264 g/mol. The molecule has 3 rings (SSSR count). The van der Waals surface area contributed by atoms with Gasteiger partial charge in [0, 0.05) is 6.54 Å². The summed E-state index contributed by atoms with van der Waals surface area (Å²) in [5.41, 5.74) is 3.84. The van der Waals surface area contributed by atoms with Crippen molar-refractivity contribution in [2.75, 3.05) is 13.2 Å². The Kier molecular flexibility index (Phi) is 3.89. The first-order valence-corrected chi connectivity index (χ1v) is 7.87. The van der Waals surface area contributed by atoms with E-state index >= 15 is 0 Å². The molecule has 2 aliphatic rings. The van der Waals surface area contributed by atoms with Crippen molar-refractivity contribution in [1.29, 1.82) is 0 Å². The number of amides is 2. The van der Waals surface area contributed by atoms with Crippen LogP contribution in [0, 0.1) is 12.8 Å². The second-order valence-corrected chi connectivity index (χ2v) is 6.48. The largest absolute Gasteiger partial charge is 0.394 e. The average molecular weight is 288 g/mol. The standard InChI is InChI=1S/C17H24N2O2/c1-11-5-6-13-9-12(2)16(15(13)8-11)18-17(21)19-7-3-4-14(19)10-20/h5-6,8,12,14,16,20H,3-4,7,9-10H2,1-2H3,(H,18,21)/t12-,14-,16+/m0/s1. The lowest BCUT2D eigenvalue weighted by Crippen LogP contribution is -2.45. The van der Waals surface area contributed by atoms with E-state index in [2.05, 4.69) is 37.4 Å². The number of hydrogen-bond acceptors (Lipinski definition) is 2. The molecule has 1 fully saturated rings. The minimum atomic E-state index is -0.0299. The Morgan fingerprint density at radius 2 is 2.29 bits per heavy atom. The summed E-state index contributed by atoms with van der Waals surface area (Å²) in [6.07, 6.45) is 2.90. The van der Waals surface area contributed by atoms with Gasteiger partial charge in [-0.1, -0.05) is 30.7 Å². The van der Waals surface area contributed by atoms with Crippen LogP contribution in [-0.4, -0.2) is 35.2 Å². The van der Waals surface area contributed by atoms with Crippen LogP contribution in [0.1, 0.15) is 42.5 Å². The molecule has 1 aliphatic heterocycles. The van der Waals surface area contributed by atoms with Crippen molar-refractivity contribution in [3.63, 3.8) is 0 Å². The SMILES string of the molecule is Cc1ccc2c(c1)[C@H](NC(=O)N1CCC[C@H]1CO)[C@@H](C)C2. The number of nitrogens with zero attached hydrogens (tertiary/aromatic N) is 1. The number of aliphatic hydroxyl groups is 1. The first-order chi connectivity index (χ1) is 10.1. The van der Waals surface area contributed by atoms with E-state index in [-0.39, 0.29) is 24.7 Å². The van der Waals surface area contributed by atoms with E-state index in [1.54, 1.807) is 4.90 Å². The number of rotatable bonds is 2. The molecule has 4 nitrogen and oxygen atoms in total. The zero-order valence-corrected chi connectivity index (χ0v) is 12.8. The third-order valence-electron chi connectivity index (χ3n) is 4.88. The van der Waals surface area contributed by atoms with Gasteiger partial charge in [-0.2, -0.15) is 0 Å². The number of carbonyl (C=O) groups is 1. The highest BCUT2D eigenvalue weighted by Gasteiger charge is 2.34. The van der Waals surface area contributed by atoms with Crippen LogP contribution in [0.25, 0.3) is 0 Å². The molecule has 0 saturated carbocycles. The molecule has 0 spiro atoms. The number of fused-ring (bicyclic) bond motifs is 1.